The van der Waals surface area contributed by atoms with Gasteiger partial charge in [0.2, 0.25) is 0 Å². The van der Waals surface area contributed by atoms with Gasteiger partial charge < -0.3 is 20.5 Å². The fraction of sp³-hybridized carbons (Fsp3) is 0.364. The van der Waals surface area contributed by atoms with Crippen molar-refractivity contribution in [3.05, 3.63) is 30.3 Å². The van der Waals surface area contributed by atoms with Gasteiger partial charge in [-0.3, -0.25) is 0 Å². The smallest absolute Gasteiger partial charge is 0.410 e. The average Bonchev–Trinajstić information content (AvgIpc) is 2.30. The second-order valence-electron chi connectivity index (χ2n) is 2.96. The summed E-state index contributed by atoms with van der Waals surface area (Å²) in [5.74, 6) is 0.461. The van der Waals surface area contributed by atoms with Crippen LogP contribution in [0.2, 0.25) is 0 Å². The van der Waals surface area contributed by atoms with Gasteiger partial charge in [-0.15, -0.1) is 0 Å². The van der Waals surface area contributed by atoms with Crippen molar-refractivity contribution in [3.8, 4) is 5.75 Å². The van der Waals surface area contributed by atoms with E-state index in [2.05, 4.69) is 11.4 Å². The number of nitrogens with one attached hydrogen (secondary N) is 1. The number of hydrogen-bond acceptors (Lipinski definition) is 4. The summed E-state index contributed by atoms with van der Waals surface area (Å²) in [5.41, 5.74) is 5.23. The summed E-state index contributed by atoms with van der Waals surface area (Å²) in [7, 11) is 0. The van der Waals surface area contributed by atoms with Crippen molar-refractivity contribution >= 4 is 6.09 Å². The van der Waals surface area contributed by atoms with Crippen LogP contribution in [0.5, 0.6) is 5.75 Å². The first-order chi connectivity index (χ1) is 7.83. The summed E-state index contributed by atoms with van der Waals surface area (Å²) >= 11 is 0. The van der Waals surface area contributed by atoms with Crippen molar-refractivity contribution in [2.75, 3.05) is 26.3 Å². The predicted molar refractivity (Wildman–Crippen MR) is 59.2 cm³/mol. The summed E-state index contributed by atoms with van der Waals surface area (Å²) in [6.07, 6.45) is -0.504. The van der Waals surface area contributed by atoms with E-state index in [4.69, 9.17) is 15.2 Å². The zero-order valence-electron chi connectivity index (χ0n) is 8.94. The number of rotatable bonds is 6. The normalized spacial score (nSPS) is 9.81. The number of carbonyl (C=O) groups is 1. The number of carbonyl (C=O) groups excluding carboxylic acids is 1. The highest BCUT2D eigenvalue weighted by atomic mass is 16.6. The molecule has 16 heavy (non-hydrogen) atoms. The lowest BCUT2D eigenvalue weighted by Crippen LogP contribution is -2.30. The van der Waals surface area contributed by atoms with Crippen molar-refractivity contribution in [2.45, 2.75) is 0 Å². The third-order valence-corrected chi connectivity index (χ3v) is 1.67. The fourth-order valence-electron chi connectivity index (χ4n) is 0.994. The minimum atomic E-state index is -0.504. The molecule has 0 aliphatic heterocycles. The maximum Gasteiger partial charge on any atom is 0.412 e. The average molecular weight is 223 g/mol. The number of benzene rings is 1. The molecule has 0 aliphatic rings. The predicted octanol–water partition coefficient (Wildman–Crippen LogP) is 0.550. The van der Waals surface area contributed by atoms with Crippen LogP contribution < -0.4 is 15.8 Å². The minimum absolute atomic E-state index is 0.398. The molecule has 0 saturated heterocycles. The van der Waals surface area contributed by atoms with Crippen LogP contribution in [-0.2, 0) is 4.74 Å². The molecule has 0 heterocycles. The summed E-state index contributed by atoms with van der Waals surface area (Å²) < 4.78 is 10.0. The van der Waals surface area contributed by atoms with Crippen LogP contribution >= 0.6 is 0 Å². The van der Waals surface area contributed by atoms with E-state index in [9.17, 15) is 4.79 Å². The first kappa shape index (κ1) is 12.5. The van der Waals surface area contributed by atoms with E-state index < -0.39 is 6.09 Å². The molecule has 0 aromatic heterocycles. The molecule has 0 saturated carbocycles. The SMILES string of the molecule is NCCOCCNC(=O)Oc1c[c]ccc1. The Hall–Kier alpha value is -1.59. The molecule has 0 unspecified atom stereocenters. The monoisotopic (exact) mass is 223 g/mol. The molecular weight excluding hydrogens is 208 g/mol. The van der Waals surface area contributed by atoms with Crippen molar-refractivity contribution < 1.29 is 14.3 Å². The molecule has 1 aromatic rings. The molecule has 0 aliphatic carbocycles. The van der Waals surface area contributed by atoms with Gasteiger partial charge in [-0.1, -0.05) is 12.1 Å². The van der Waals surface area contributed by atoms with E-state index in [1.807, 2.05) is 0 Å². The largest absolute Gasteiger partial charge is 0.412 e. The van der Waals surface area contributed by atoms with Crippen molar-refractivity contribution in [3.63, 3.8) is 0 Å². The Labute approximate surface area is 94.5 Å². The maximum atomic E-state index is 11.2. The van der Waals surface area contributed by atoms with E-state index in [1.54, 1.807) is 24.3 Å². The summed E-state index contributed by atoms with van der Waals surface area (Å²) in [5, 5.41) is 2.55. The maximum absolute atomic E-state index is 11.2. The fourth-order valence-corrected chi connectivity index (χ4v) is 0.994. The van der Waals surface area contributed by atoms with Crippen LogP contribution in [0.15, 0.2) is 24.3 Å². The van der Waals surface area contributed by atoms with Gasteiger partial charge >= 0.3 is 6.09 Å². The van der Waals surface area contributed by atoms with E-state index >= 15 is 0 Å². The van der Waals surface area contributed by atoms with Crippen LogP contribution in [0.4, 0.5) is 4.79 Å². The van der Waals surface area contributed by atoms with E-state index in [1.165, 1.54) is 0 Å². The van der Waals surface area contributed by atoms with Gasteiger partial charge in [-0.25, -0.2) is 4.79 Å². The zero-order valence-corrected chi connectivity index (χ0v) is 8.94. The lowest BCUT2D eigenvalue weighted by molar-refractivity contribution is 0.140. The summed E-state index contributed by atoms with van der Waals surface area (Å²) in [6.45, 7) is 1.79. The highest BCUT2D eigenvalue weighted by Gasteiger charge is 2.01. The van der Waals surface area contributed by atoms with Crippen LogP contribution in [0.3, 0.4) is 0 Å². The van der Waals surface area contributed by atoms with Crippen LogP contribution in [0, 0.1) is 6.07 Å². The Kier molecular flexibility index (Phi) is 5.98. The lowest BCUT2D eigenvalue weighted by atomic mass is 10.3. The van der Waals surface area contributed by atoms with E-state index in [0.717, 1.165) is 0 Å². The second kappa shape index (κ2) is 7.67. The molecule has 1 amide bonds. The molecule has 5 nitrogen and oxygen atoms in total. The van der Waals surface area contributed by atoms with Crippen molar-refractivity contribution in [2.24, 2.45) is 5.73 Å². The summed E-state index contributed by atoms with van der Waals surface area (Å²) in [4.78, 5) is 11.2. The molecule has 1 aromatic carbocycles. The van der Waals surface area contributed by atoms with Crippen LogP contribution in [0.1, 0.15) is 0 Å². The molecule has 0 fully saturated rings. The van der Waals surface area contributed by atoms with E-state index in [0.29, 0.717) is 32.1 Å². The lowest BCUT2D eigenvalue weighted by Gasteiger charge is -2.06. The van der Waals surface area contributed by atoms with Crippen LogP contribution in [0.25, 0.3) is 0 Å². The van der Waals surface area contributed by atoms with Crippen molar-refractivity contribution in [1.82, 2.24) is 5.32 Å². The topological polar surface area (TPSA) is 73.6 Å². The molecule has 0 atom stereocenters. The standard InChI is InChI=1S/C11H15N2O3/c12-6-8-15-9-7-13-11(14)16-10-4-2-1-3-5-10/h1-2,4-5H,6-9,12H2,(H,13,14). The molecule has 1 rings (SSSR count). The molecule has 1 radical (unpaired) electrons. The van der Waals surface area contributed by atoms with Crippen molar-refractivity contribution in [1.29, 1.82) is 0 Å². The number of hydrogen-bond donors (Lipinski definition) is 2. The van der Waals surface area contributed by atoms with Gasteiger partial charge in [-0.2, -0.15) is 0 Å². The third-order valence-electron chi connectivity index (χ3n) is 1.67. The van der Waals surface area contributed by atoms with Gasteiger partial charge in [0.1, 0.15) is 5.75 Å². The Bertz CT molecular complexity index is 303. The molecule has 87 valence electrons. The number of ether oxygens (including phenoxy) is 2. The molecule has 3 N–H and O–H groups in total. The van der Waals surface area contributed by atoms with Crippen LogP contribution in [-0.4, -0.2) is 32.4 Å². The van der Waals surface area contributed by atoms with Gasteiger partial charge in [-0.05, 0) is 18.2 Å². The summed E-state index contributed by atoms with van der Waals surface area (Å²) in [6, 6.07) is 9.55. The highest BCUT2D eigenvalue weighted by molar-refractivity contribution is 5.70. The molecule has 5 heteroatoms. The second-order valence-corrected chi connectivity index (χ2v) is 2.96. The first-order valence-electron chi connectivity index (χ1n) is 5.02. The van der Waals surface area contributed by atoms with E-state index in [-0.39, 0.29) is 0 Å². The van der Waals surface area contributed by atoms with Gasteiger partial charge in [0, 0.05) is 13.1 Å². The molecule has 0 bridgehead atoms. The Morgan fingerprint density at radius 3 is 3.06 bits per heavy atom. The minimum Gasteiger partial charge on any atom is -0.410 e. The molecule has 0 spiro atoms. The van der Waals surface area contributed by atoms with Gasteiger partial charge in [0.25, 0.3) is 0 Å². The Balaban J connectivity index is 2.12. The zero-order chi connectivity index (χ0) is 11.6. The van der Waals surface area contributed by atoms with Gasteiger partial charge in [0.15, 0.2) is 0 Å². The molecular formula is C11H15N2O3. The number of nitrogens with two attached hydrogens (primary N) is 1. The first-order valence-corrected chi connectivity index (χ1v) is 5.02. The highest BCUT2D eigenvalue weighted by Crippen LogP contribution is 2.07. The number of amides is 1. The quantitative estimate of drug-likeness (QED) is 0.691. The van der Waals surface area contributed by atoms with Gasteiger partial charge in [0.05, 0.1) is 13.2 Å². The Morgan fingerprint density at radius 2 is 2.38 bits per heavy atom. The Morgan fingerprint density at radius 1 is 1.50 bits per heavy atom. The third kappa shape index (κ3) is 5.33.